The van der Waals surface area contributed by atoms with Gasteiger partial charge in [0.05, 0.1) is 0 Å². The maximum Gasteiger partial charge on any atom is 0.323 e. The molecule has 5 nitrogen and oxygen atoms in total. The van der Waals surface area contributed by atoms with Crippen LogP contribution in [0.3, 0.4) is 0 Å². The van der Waals surface area contributed by atoms with E-state index in [2.05, 4.69) is 0 Å². The van der Waals surface area contributed by atoms with Crippen LogP contribution in [0.15, 0.2) is 54.6 Å². The zero-order valence-electron chi connectivity index (χ0n) is 13.2. The van der Waals surface area contributed by atoms with Gasteiger partial charge in [0.2, 0.25) is 0 Å². The van der Waals surface area contributed by atoms with Crippen LogP contribution >= 0.6 is 0 Å². The van der Waals surface area contributed by atoms with Crippen molar-refractivity contribution in [3.63, 3.8) is 0 Å². The third kappa shape index (κ3) is 3.74. The Bertz CT molecular complexity index is 704. The zero-order chi connectivity index (χ0) is 16.9. The summed E-state index contributed by atoms with van der Waals surface area (Å²) in [5.74, 6) is -0.592. The lowest BCUT2D eigenvalue weighted by Gasteiger charge is -2.23. The molecule has 2 aromatic rings. The average Bonchev–Trinajstić information content (AvgIpc) is 3.02. The maximum absolute atomic E-state index is 12.7. The third-order valence-corrected chi connectivity index (χ3v) is 4.07. The minimum absolute atomic E-state index is 0.274. The fourth-order valence-electron chi connectivity index (χ4n) is 2.86. The van der Waals surface area contributed by atoms with Crippen LogP contribution in [0.25, 0.3) is 0 Å². The predicted molar refractivity (Wildman–Crippen MR) is 88.9 cm³/mol. The van der Waals surface area contributed by atoms with Crippen molar-refractivity contribution in [2.45, 2.75) is 18.9 Å². The molecule has 1 heterocycles. The van der Waals surface area contributed by atoms with Gasteiger partial charge in [-0.15, -0.1) is 0 Å². The van der Waals surface area contributed by atoms with Crippen LogP contribution in [0, 0.1) is 0 Å². The number of carbonyl (C=O) groups excluding carboxylic acids is 1. The molecule has 1 unspecified atom stereocenters. The number of carbonyl (C=O) groups is 2. The van der Waals surface area contributed by atoms with Gasteiger partial charge in [-0.25, -0.2) is 0 Å². The van der Waals surface area contributed by atoms with Gasteiger partial charge >= 0.3 is 5.97 Å². The fraction of sp³-hybridized carbons (Fsp3) is 0.263. The van der Waals surface area contributed by atoms with Gasteiger partial charge in [-0.1, -0.05) is 48.5 Å². The summed E-state index contributed by atoms with van der Waals surface area (Å²) < 4.78 is 5.70. The monoisotopic (exact) mass is 325 g/mol. The van der Waals surface area contributed by atoms with Gasteiger partial charge in [0.1, 0.15) is 12.3 Å². The first kappa shape index (κ1) is 16.1. The number of fused-ring (bicyclic) bond motifs is 1. The van der Waals surface area contributed by atoms with Gasteiger partial charge in [-0.2, -0.15) is 0 Å². The smallest absolute Gasteiger partial charge is 0.323 e. The molecule has 1 aliphatic rings. The average molecular weight is 325 g/mol. The molecule has 1 N–H and O–H groups in total. The van der Waals surface area contributed by atoms with Crippen LogP contribution in [-0.4, -0.2) is 41.1 Å². The molecule has 0 fully saturated rings. The van der Waals surface area contributed by atoms with Crippen molar-refractivity contribution in [3.05, 3.63) is 65.7 Å². The molecule has 0 saturated carbocycles. The molecule has 0 bridgehead atoms. The third-order valence-electron chi connectivity index (χ3n) is 4.07. The van der Waals surface area contributed by atoms with Crippen LogP contribution in [0.5, 0.6) is 5.75 Å². The van der Waals surface area contributed by atoms with Crippen LogP contribution in [0.1, 0.15) is 11.1 Å². The summed E-state index contributed by atoms with van der Waals surface area (Å²) in [6, 6.07) is 17.2. The number of amides is 1. The van der Waals surface area contributed by atoms with Gasteiger partial charge in [-0.05, 0) is 23.6 Å². The van der Waals surface area contributed by atoms with Crippen LogP contribution in [-0.2, 0) is 22.4 Å². The lowest BCUT2D eigenvalue weighted by molar-refractivity contribution is -0.147. The molecule has 0 aliphatic carbocycles. The highest BCUT2D eigenvalue weighted by atomic mass is 16.5. The highest BCUT2D eigenvalue weighted by Gasteiger charge is 2.32. The zero-order valence-corrected chi connectivity index (χ0v) is 13.2. The molecule has 2 aromatic carbocycles. The Hall–Kier alpha value is -2.82. The van der Waals surface area contributed by atoms with Crippen molar-refractivity contribution in [1.29, 1.82) is 0 Å². The fourth-order valence-corrected chi connectivity index (χ4v) is 2.86. The Labute approximate surface area is 140 Å². The first-order valence-corrected chi connectivity index (χ1v) is 7.92. The lowest BCUT2D eigenvalue weighted by atomic mass is 10.1. The molecule has 3 rings (SSSR count). The lowest BCUT2D eigenvalue weighted by Crippen LogP contribution is -2.44. The SMILES string of the molecule is O=C(O)CN(CCc1ccccc1)C(=O)C1Cc2ccccc2O1. The number of benzene rings is 2. The minimum atomic E-state index is -1.02. The van der Waals surface area contributed by atoms with E-state index in [1.165, 1.54) is 4.90 Å². The van der Waals surface area contributed by atoms with Gasteiger partial charge < -0.3 is 14.7 Å². The summed E-state index contributed by atoms with van der Waals surface area (Å²) in [5, 5.41) is 9.11. The number of aliphatic carboxylic acids is 1. The van der Waals surface area contributed by atoms with E-state index in [0.29, 0.717) is 25.1 Å². The normalized spacial score (nSPS) is 15.4. The van der Waals surface area contributed by atoms with Crippen molar-refractivity contribution < 1.29 is 19.4 Å². The van der Waals surface area contributed by atoms with Crippen molar-refractivity contribution in [2.24, 2.45) is 0 Å². The van der Waals surface area contributed by atoms with E-state index < -0.39 is 12.1 Å². The van der Waals surface area contributed by atoms with Gasteiger partial charge in [0.15, 0.2) is 6.10 Å². The Morgan fingerprint density at radius 2 is 1.79 bits per heavy atom. The van der Waals surface area contributed by atoms with Crippen molar-refractivity contribution in [3.8, 4) is 5.75 Å². The highest BCUT2D eigenvalue weighted by molar-refractivity contribution is 5.86. The number of ether oxygens (including phenoxy) is 1. The molecule has 0 spiro atoms. The van der Waals surface area contributed by atoms with Gasteiger partial charge in [0.25, 0.3) is 5.91 Å². The molecule has 0 radical (unpaired) electrons. The summed E-state index contributed by atoms with van der Waals surface area (Å²) in [6.45, 7) is 0.0349. The highest BCUT2D eigenvalue weighted by Crippen LogP contribution is 2.29. The Balaban J connectivity index is 1.67. The van der Waals surface area contributed by atoms with E-state index in [-0.39, 0.29) is 12.5 Å². The summed E-state index contributed by atoms with van der Waals surface area (Å²) >= 11 is 0. The number of nitrogens with zero attached hydrogens (tertiary/aromatic N) is 1. The second kappa shape index (κ2) is 7.17. The van der Waals surface area contributed by atoms with Crippen LogP contribution < -0.4 is 4.74 Å². The van der Waals surface area contributed by atoms with Crippen molar-refractivity contribution >= 4 is 11.9 Å². The van der Waals surface area contributed by atoms with Crippen molar-refractivity contribution in [2.75, 3.05) is 13.1 Å². The number of para-hydroxylation sites is 1. The van der Waals surface area contributed by atoms with E-state index in [1.54, 1.807) is 0 Å². The Morgan fingerprint density at radius 3 is 2.50 bits per heavy atom. The molecule has 0 saturated heterocycles. The standard InChI is InChI=1S/C19H19NO4/c21-18(22)13-20(11-10-14-6-2-1-3-7-14)19(23)17-12-15-8-4-5-9-16(15)24-17/h1-9,17H,10-13H2,(H,21,22). The summed E-state index contributed by atoms with van der Waals surface area (Å²) in [5.41, 5.74) is 2.05. The van der Waals surface area contributed by atoms with E-state index in [9.17, 15) is 9.59 Å². The van der Waals surface area contributed by atoms with Crippen LogP contribution in [0.4, 0.5) is 0 Å². The molecule has 5 heteroatoms. The Morgan fingerprint density at radius 1 is 1.08 bits per heavy atom. The number of rotatable bonds is 6. The van der Waals surface area contributed by atoms with Crippen molar-refractivity contribution in [1.82, 2.24) is 4.90 Å². The molecule has 124 valence electrons. The van der Waals surface area contributed by atoms with Gasteiger partial charge in [0, 0.05) is 13.0 Å². The van der Waals surface area contributed by atoms with Gasteiger partial charge in [-0.3, -0.25) is 9.59 Å². The number of carboxylic acid groups (broad SMARTS) is 1. The number of hydrogen-bond acceptors (Lipinski definition) is 3. The predicted octanol–water partition coefficient (Wildman–Crippen LogP) is 2.15. The molecular weight excluding hydrogens is 306 g/mol. The van der Waals surface area contributed by atoms with E-state index in [0.717, 1.165) is 11.1 Å². The molecule has 1 atom stereocenters. The molecular formula is C19H19NO4. The number of carboxylic acids is 1. The minimum Gasteiger partial charge on any atom is -0.480 e. The molecule has 24 heavy (non-hydrogen) atoms. The van der Waals surface area contributed by atoms with E-state index in [4.69, 9.17) is 9.84 Å². The first-order valence-electron chi connectivity index (χ1n) is 7.92. The molecule has 0 aromatic heterocycles. The molecule has 1 amide bonds. The second-order valence-electron chi connectivity index (χ2n) is 5.81. The Kier molecular flexibility index (Phi) is 4.79. The second-order valence-corrected chi connectivity index (χ2v) is 5.81. The summed E-state index contributed by atoms with van der Waals surface area (Å²) in [4.78, 5) is 25.2. The summed E-state index contributed by atoms with van der Waals surface area (Å²) in [6.07, 6.45) is 0.452. The largest absolute Gasteiger partial charge is 0.480 e. The van der Waals surface area contributed by atoms with E-state index in [1.807, 2.05) is 54.6 Å². The maximum atomic E-state index is 12.7. The number of hydrogen-bond donors (Lipinski definition) is 1. The quantitative estimate of drug-likeness (QED) is 0.884. The molecule has 1 aliphatic heterocycles. The topological polar surface area (TPSA) is 66.8 Å². The van der Waals surface area contributed by atoms with E-state index >= 15 is 0 Å². The van der Waals surface area contributed by atoms with Crippen LogP contribution in [0.2, 0.25) is 0 Å². The first-order chi connectivity index (χ1) is 11.6. The summed E-state index contributed by atoms with van der Waals surface area (Å²) in [7, 11) is 0.